The first-order valence-electron chi connectivity index (χ1n) is 10.0. The Morgan fingerprint density at radius 2 is 2.14 bits per heavy atom. The van der Waals surface area contributed by atoms with Crippen LogP contribution in [0.25, 0.3) is 0 Å². The van der Waals surface area contributed by atoms with Gasteiger partial charge in [0, 0.05) is 18.3 Å². The average Bonchev–Trinajstić information content (AvgIpc) is 3.23. The van der Waals surface area contributed by atoms with E-state index in [1.54, 1.807) is 7.11 Å². The molecule has 1 aromatic carbocycles. The number of carbonyl (C=O) groups excluding carboxylic acids is 2. The van der Waals surface area contributed by atoms with Crippen molar-refractivity contribution in [3.05, 3.63) is 41.7 Å². The van der Waals surface area contributed by atoms with Crippen molar-refractivity contribution >= 4 is 17.6 Å². The lowest BCUT2D eigenvalue weighted by atomic mass is 9.67. The summed E-state index contributed by atoms with van der Waals surface area (Å²) in [5, 5.41) is 3.10. The number of esters is 1. The third-order valence-corrected chi connectivity index (χ3v) is 6.97. The highest BCUT2D eigenvalue weighted by atomic mass is 16.5. The van der Waals surface area contributed by atoms with Gasteiger partial charge in [0.15, 0.2) is 0 Å². The van der Waals surface area contributed by atoms with Crippen LogP contribution in [0.1, 0.15) is 31.7 Å². The number of para-hydroxylation sites is 1. The number of ether oxygens (including phenoxy) is 2. The lowest BCUT2D eigenvalue weighted by Crippen LogP contribution is -2.53. The zero-order valence-electron chi connectivity index (χ0n) is 16.7. The van der Waals surface area contributed by atoms with Crippen LogP contribution >= 0.6 is 0 Å². The SMILES string of the molecule is CC[C@H]1CN2CC[C@]3(C(=O)Nc4ccccc43)[C@@H]2C[C@H]1C(=COC)C(=O)OC. The topological polar surface area (TPSA) is 67.9 Å². The molecule has 3 heterocycles. The smallest absolute Gasteiger partial charge is 0.337 e. The van der Waals surface area contributed by atoms with Crippen molar-refractivity contribution in [1.82, 2.24) is 4.90 Å². The van der Waals surface area contributed by atoms with E-state index in [0.29, 0.717) is 11.5 Å². The molecule has 0 aliphatic carbocycles. The minimum Gasteiger partial charge on any atom is -0.504 e. The number of anilines is 1. The highest BCUT2D eigenvalue weighted by Gasteiger charge is 2.60. The lowest BCUT2D eigenvalue weighted by molar-refractivity contribution is -0.137. The zero-order chi connectivity index (χ0) is 19.9. The van der Waals surface area contributed by atoms with Crippen LogP contribution < -0.4 is 5.32 Å². The van der Waals surface area contributed by atoms with Gasteiger partial charge < -0.3 is 14.8 Å². The van der Waals surface area contributed by atoms with Crippen molar-refractivity contribution in [1.29, 1.82) is 0 Å². The molecular formula is C22H28N2O4. The van der Waals surface area contributed by atoms with E-state index < -0.39 is 5.41 Å². The molecule has 0 unspecified atom stereocenters. The van der Waals surface area contributed by atoms with Crippen molar-refractivity contribution < 1.29 is 19.1 Å². The summed E-state index contributed by atoms with van der Waals surface area (Å²) in [6.45, 7) is 3.93. The second kappa shape index (κ2) is 7.24. The number of amides is 1. The molecule has 6 nitrogen and oxygen atoms in total. The van der Waals surface area contributed by atoms with Gasteiger partial charge in [-0.25, -0.2) is 4.79 Å². The van der Waals surface area contributed by atoms with E-state index in [2.05, 4.69) is 23.2 Å². The van der Waals surface area contributed by atoms with Crippen LogP contribution in [0.2, 0.25) is 0 Å². The minimum atomic E-state index is -0.540. The van der Waals surface area contributed by atoms with E-state index in [1.807, 2.05) is 18.2 Å². The summed E-state index contributed by atoms with van der Waals surface area (Å²) >= 11 is 0. The molecule has 28 heavy (non-hydrogen) atoms. The summed E-state index contributed by atoms with van der Waals surface area (Å²) < 4.78 is 10.3. The second-order valence-corrected chi connectivity index (χ2v) is 8.04. The van der Waals surface area contributed by atoms with Crippen LogP contribution in [0.15, 0.2) is 36.1 Å². The molecule has 0 bridgehead atoms. The van der Waals surface area contributed by atoms with Crippen molar-refractivity contribution in [3.8, 4) is 0 Å². The molecule has 1 aromatic rings. The molecular weight excluding hydrogens is 356 g/mol. The van der Waals surface area contributed by atoms with Crippen LogP contribution in [0.3, 0.4) is 0 Å². The molecule has 1 N–H and O–H groups in total. The Kier molecular flexibility index (Phi) is 4.91. The Bertz CT molecular complexity index is 821. The Morgan fingerprint density at radius 3 is 2.86 bits per heavy atom. The van der Waals surface area contributed by atoms with E-state index in [4.69, 9.17) is 9.47 Å². The Labute approximate surface area is 165 Å². The monoisotopic (exact) mass is 384 g/mol. The van der Waals surface area contributed by atoms with Crippen LogP contribution in [0.5, 0.6) is 0 Å². The van der Waals surface area contributed by atoms with E-state index in [9.17, 15) is 9.59 Å². The number of methoxy groups -OCH3 is 2. The van der Waals surface area contributed by atoms with Crippen molar-refractivity contribution in [2.45, 2.75) is 37.6 Å². The molecule has 0 aromatic heterocycles. The third kappa shape index (κ3) is 2.65. The number of hydrogen-bond acceptors (Lipinski definition) is 5. The predicted octanol–water partition coefficient (Wildman–Crippen LogP) is 2.70. The van der Waals surface area contributed by atoms with E-state index >= 15 is 0 Å². The van der Waals surface area contributed by atoms with Gasteiger partial charge >= 0.3 is 5.97 Å². The predicted molar refractivity (Wildman–Crippen MR) is 106 cm³/mol. The molecule has 150 valence electrons. The molecule has 2 fully saturated rings. The molecule has 4 atom stereocenters. The normalized spacial score (nSPS) is 32.0. The molecule has 0 radical (unpaired) electrons. The number of carbonyl (C=O) groups is 2. The van der Waals surface area contributed by atoms with Crippen LogP contribution in [-0.4, -0.2) is 50.1 Å². The Hall–Kier alpha value is -2.34. The Morgan fingerprint density at radius 1 is 1.36 bits per heavy atom. The fraction of sp³-hybridized carbons (Fsp3) is 0.545. The van der Waals surface area contributed by atoms with Gasteiger partial charge in [0.2, 0.25) is 5.91 Å². The van der Waals surface area contributed by atoms with Crippen molar-refractivity contribution in [2.75, 3.05) is 32.6 Å². The molecule has 4 rings (SSSR count). The minimum absolute atomic E-state index is 0.00851. The molecule has 3 aliphatic heterocycles. The van der Waals surface area contributed by atoms with Crippen molar-refractivity contribution in [3.63, 3.8) is 0 Å². The Balaban J connectivity index is 1.74. The van der Waals surface area contributed by atoms with Gasteiger partial charge in [-0.1, -0.05) is 31.5 Å². The van der Waals surface area contributed by atoms with E-state index in [1.165, 1.54) is 13.4 Å². The summed E-state index contributed by atoms with van der Waals surface area (Å²) in [6.07, 6.45) is 4.04. The van der Waals surface area contributed by atoms with Gasteiger partial charge in [0.05, 0.1) is 31.5 Å². The summed E-state index contributed by atoms with van der Waals surface area (Å²) in [7, 11) is 2.95. The lowest BCUT2D eigenvalue weighted by Gasteiger charge is -2.45. The van der Waals surface area contributed by atoms with Crippen LogP contribution in [0, 0.1) is 11.8 Å². The summed E-state index contributed by atoms with van der Waals surface area (Å²) in [6, 6.07) is 8.07. The molecule has 2 saturated heterocycles. The number of fused-ring (bicyclic) bond motifs is 4. The zero-order valence-corrected chi connectivity index (χ0v) is 16.7. The van der Waals surface area contributed by atoms with Gasteiger partial charge in [-0.2, -0.15) is 0 Å². The van der Waals surface area contributed by atoms with Gasteiger partial charge in [-0.05, 0) is 42.9 Å². The number of nitrogens with zero attached hydrogens (tertiary/aromatic N) is 1. The maximum absolute atomic E-state index is 13.2. The number of nitrogens with one attached hydrogen (secondary N) is 1. The van der Waals surface area contributed by atoms with Gasteiger partial charge in [-0.15, -0.1) is 0 Å². The second-order valence-electron chi connectivity index (χ2n) is 8.04. The van der Waals surface area contributed by atoms with Crippen LogP contribution in [-0.2, 0) is 24.5 Å². The van der Waals surface area contributed by atoms with Gasteiger partial charge in [0.1, 0.15) is 0 Å². The summed E-state index contributed by atoms with van der Waals surface area (Å²) in [5.74, 6) is 0.0769. The fourth-order valence-electron chi connectivity index (χ4n) is 5.63. The average molecular weight is 384 g/mol. The summed E-state index contributed by atoms with van der Waals surface area (Å²) in [5.41, 5.74) is 2.05. The maximum Gasteiger partial charge on any atom is 0.337 e. The molecule has 1 amide bonds. The highest BCUT2D eigenvalue weighted by Crippen LogP contribution is 2.53. The molecule has 6 heteroatoms. The quantitative estimate of drug-likeness (QED) is 0.491. The third-order valence-electron chi connectivity index (χ3n) is 6.97. The molecule has 1 spiro atoms. The first-order chi connectivity index (χ1) is 13.6. The van der Waals surface area contributed by atoms with Crippen LogP contribution in [0.4, 0.5) is 5.69 Å². The first-order valence-corrected chi connectivity index (χ1v) is 10.0. The number of piperidine rings is 1. The number of benzene rings is 1. The fourth-order valence-corrected chi connectivity index (χ4v) is 5.63. The van der Waals surface area contributed by atoms with E-state index in [0.717, 1.165) is 43.6 Å². The highest BCUT2D eigenvalue weighted by molar-refractivity contribution is 6.07. The number of hydrogen-bond donors (Lipinski definition) is 1. The summed E-state index contributed by atoms with van der Waals surface area (Å²) in [4.78, 5) is 28.1. The first kappa shape index (κ1) is 19.0. The van der Waals surface area contributed by atoms with Gasteiger partial charge in [0.25, 0.3) is 0 Å². The molecule has 0 saturated carbocycles. The standard InChI is InChI=1S/C22H28N2O4/c1-4-14-12-24-10-9-22(17-7-5-6-8-18(17)23-21(22)26)19(24)11-15(14)16(13-27-2)20(25)28-3/h5-8,13-15,19H,4,9-12H2,1-3H3,(H,23,26)/t14-,15+,19-,22+/m0/s1. The van der Waals surface area contributed by atoms with Crippen molar-refractivity contribution in [2.24, 2.45) is 11.8 Å². The largest absolute Gasteiger partial charge is 0.504 e. The number of rotatable bonds is 4. The molecule has 3 aliphatic rings. The maximum atomic E-state index is 13.2. The van der Waals surface area contributed by atoms with Gasteiger partial charge in [-0.3, -0.25) is 9.69 Å². The van der Waals surface area contributed by atoms with E-state index in [-0.39, 0.29) is 23.8 Å².